The zero-order chi connectivity index (χ0) is 56.6. The van der Waals surface area contributed by atoms with Gasteiger partial charge >= 0.3 is 35.5 Å². The fraction of sp³-hybridized carbons (Fsp3) is 0.426. The number of aryl methyl sites for hydroxylation is 1. The number of carbonyl (C=O) groups is 6. The third-order valence-electron chi connectivity index (χ3n) is 16.5. The van der Waals surface area contributed by atoms with E-state index < -0.39 is 131 Å². The quantitative estimate of drug-likeness (QED) is 0.0284. The summed E-state index contributed by atoms with van der Waals surface area (Å²) in [5, 5.41) is 30.4. The average Bonchev–Trinajstić information content (AvgIpc) is 1.51. The minimum absolute atomic E-state index is 0.0606. The van der Waals surface area contributed by atoms with Crippen LogP contribution >= 0.6 is 0 Å². The molecule has 2 saturated carbocycles. The Bertz CT molecular complexity index is 3230. The van der Waals surface area contributed by atoms with E-state index in [9.17, 15) is 34.2 Å². The molecule has 416 valence electrons. The first kappa shape index (κ1) is 56.4. The van der Waals surface area contributed by atoms with E-state index in [0.717, 1.165) is 12.5 Å². The van der Waals surface area contributed by atoms with Gasteiger partial charge in [-0.25, -0.2) is 9.59 Å². The van der Waals surface area contributed by atoms with Crippen LogP contribution in [0.5, 0.6) is 5.75 Å². The molecule has 3 aliphatic carbocycles. The molecule has 18 nitrogen and oxygen atoms in total. The number of Topliss-reactive ketones (excluding diaryl/α,β-unsaturated/α-hetero) is 1. The zero-order valence-corrected chi connectivity index (χ0v) is 45.1. The maximum atomic E-state index is 15.8. The van der Waals surface area contributed by atoms with Crippen LogP contribution in [0.25, 0.3) is 11.0 Å². The molecule has 9 rings (SSSR count). The topological polar surface area (TPSA) is 250 Å². The van der Waals surface area contributed by atoms with E-state index in [0.29, 0.717) is 22.1 Å². The molecule has 1 saturated heterocycles. The molecule has 5 aromatic rings. The second kappa shape index (κ2) is 22.4. The van der Waals surface area contributed by atoms with Crippen LogP contribution < -0.4 is 15.7 Å². The summed E-state index contributed by atoms with van der Waals surface area (Å²) in [6.07, 6.45) is -10.7. The molecule has 0 radical (unpaired) electrons. The monoisotopic (exact) mass is 1080 g/mol. The van der Waals surface area contributed by atoms with Crippen molar-refractivity contribution in [2.75, 3.05) is 6.61 Å². The molecule has 4 aliphatic rings. The number of carbonyl (C=O) groups excluding carboxylic acids is 6. The minimum atomic E-state index is -2.23. The van der Waals surface area contributed by atoms with E-state index in [1.165, 1.54) is 32.0 Å². The van der Waals surface area contributed by atoms with Gasteiger partial charge in [-0.1, -0.05) is 105 Å². The van der Waals surface area contributed by atoms with Crippen LogP contribution in [0.1, 0.15) is 95.5 Å². The number of esters is 5. The van der Waals surface area contributed by atoms with E-state index in [-0.39, 0.29) is 48.7 Å². The summed E-state index contributed by atoms with van der Waals surface area (Å²) in [4.78, 5) is 97.3. The van der Waals surface area contributed by atoms with E-state index >= 15 is 9.59 Å². The van der Waals surface area contributed by atoms with Crippen LogP contribution in [-0.2, 0) is 70.3 Å². The highest BCUT2D eigenvalue weighted by Gasteiger charge is 2.77. The van der Waals surface area contributed by atoms with Gasteiger partial charge in [0.2, 0.25) is 6.10 Å². The van der Waals surface area contributed by atoms with Crippen molar-refractivity contribution >= 4 is 46.6 Å². The van der Waals surface area contributed by atoms with E-state index in [1.54, 1.807) is 88.4 Å². The van der Waals surface area contributed by atoms with Crippen LogP contribution in [0.15, 0.2) is 136 Å². The number of aliphatic hydroxyl groups excluding tert-OH is 1. The predicted molar refractivity (Wildman–Crippen MR) is 282 cm³/mol. The van der Waals surface area contributed by atoms with Gasteiger partial charge in [0.05, 0.1) is 49.7 Å². The lowest BCUT2D eigenvalue weighted by Crippen LogP contribution is -2.81. The van der Waals surface area contributed by atoms with Gasteiger partial charge < -0.3 is 53.1 Å². The van der Waals surface area contributed by atoms with Gasteiger partial charge in [-0.2, -0.15) is 0 Å². The average molecular weight is 1080 g/mol. The zero-order valence-electron chi connectivity index (χ0n) is 45.1. The van der Waals surface area contributed by atoms with Crippen LogP contribution in [0.2, 0.25) is 0 Å². The summed E-state index contributed by atoms with van der Waals surface area (Å²) in [5.74, 6) is -6.59. The van der Waals surface area contributed by atoms with Crippen molar-refractivity contribution in [2.24, 2.45) is 16.7 Å². The van der Waals surface area contributed by atoms with Crippen molar-refractivity contribution in [1.82, 2.24) is 5.32 Å². The Hall–Kier alpha value is -7.35. The third-order valence-corrected chi connectivity index (χ3v) is 16.5. The molecule has 79 heavy (non-hydrogen) atoms. The fourth-order valence-corrected chi connectivity index (χ4v) is 12.4. The van der Waals surface area contributed by atoms with Gasteiger partial charge in [0, 0.05) is 62.1 Å². The molecular weight excluding hydrogens is 1020 g/mol. The Morgan fingerprint density at radius 3 is 2.08 bits per heavy atom. The number of ether oxygens (including phenoxy) is 7. The first-order valence-corrected chi connectivity index (χ1v) is 26.3. The molecule has 1 aromatic heterocycles. The number of hydrogen-bond acceptors (Lipinski definition) is 18. The highest BCUT2D eigenvalue weighted by atomic mass is 16.6. The Kier molecular flexibility index (Phi) is 16.0. The molecule has 11 atom stereocenters. The number of nitrogens with one attached hydrogen (secondary N) is 1. The van der Waals surface area contributed by atoms with Gasteiger partial charge in [0.1, 0.15) is 29.1 Å². The molecule has 3 N–H and O–H groups in total. The van der Waals surface area contributed by atoms with E-state index in [1.807, 2.05) is 36.4 Å². The smallest absolute Gasteiger partial charge is 0.350 e. The van der Waals surface area contributed by atoms with Crippen molar-refractivity contribution in [3.8, 4) is 5.75 Å². The van der Waals surface area contributed by atoms with Crippen LogP contribution in [0.4, 0.5) is 0 Å². The van der Waals surface area contributed by atoms with Crippen molar-refractivity contribution in [3.63, 3.8) is 0 Å². The summed E-state index contributed by atoms with van der Waals surface area (Å²) < 4.78 is 48.7. The predicted octanol–water partition coefficient (Wildman–Crippen LogP) is 6.81. The molecule has 0 spiro atoms. The van der Waals surface area contributed by atoms with Crippen LogP contribution in [0.3, 0.4) is 0 Å². The molecule has 0 unspecified atom stereocenters. The van der Waals surface area contributed by atoms with Crippen LogP contribution in [-0.4, -0.2) is 100 Å². The summed E-state index contributed by atoms with van der Waals surface area (Å²) in [6.45, 7) is 10.3. The molecule has 1 aliphatic heterocycles. The molecular formula is C61H65NO17. The largest absolute Gasteiger partial charge is 0.455 e. The van der Waals surface area contributed by atoms with Gasteiger partial charge in [-0.05, 0) is 66.3 Å². The SMILES string of the molecule is CC(=O)O[C@H]1C(=O)[C@@]2(C)[C@H]([C@H](OCc3ccccc3)[C@]3(O)C[C@H](OC(=O)[C@H](OC(=O)CCC(=O)Oc4ccc5c(C)cc(=O)oc5c4)[C@@H](NCc4ccccc4)c4ccccc4)C(C)=C1C3(C)C)[C@]1(OC(C)=O)CO[C@@H]1C[C@@H]2O. The number of fused-ring (bicyclic) bond motifs is 6. The maximum Gasteiger partial charge on any atom is 0.350 e. The molecule has 3 fully saturated rings. The number of rotatable bonds is 17. The number of aliphatic hydroxyl groups is 2. The Balaban J connectivity index is 1.11. The second-order valence-electron chi connectivity index (χ2n) is 21.8. The van der Waals surface area contributed by atoms with Gasteiger partial charge in [0.25, 0.3) is 0 Å². The van der Waals surface area contributed by atoms with Crippen molar-refractivity contribution < 1.29 is 76.6 Å². The lowest BCUT2D eigenvalue weighted by Gasteiger charge is -2.67. The molecule has 2 bridgehead atoms. The second-order valence-corrected chi connectivity index (χ2v) is 21.8. The van der Waals surface area contributed by atoms with Crippen molar-refractivity contribution in [2.45, 2.75) is 141 Å². The molecule has 0 amide bonds. The van der Waals surface area contributed by atoms with Crippen LogP contribution in [0, 0.1) is 23.7 Å². The Labute approximate surface area is 456 Å². The van der Waals surface area contributed by atoms with Crippen molar-refractivity contribution in [3.05, 3.63) is 159 Å². The summed E-state index contributed by atoms with van der Waals surface area (Å²) >= 11 is 0. The third kappa shape index (κ3) is 10.8. The highest BCUT2D eigenvalue weighted by Crippen LogP contribution is 2.64. The number of ketones is 1. The summed E-state index contributed by atoms with van der Waals surface area (Å²) in [5.41, 5.74) is -4.84. The number of hydrogen-bond donors (Lipinski definition) is 3. The standard InChI is InChI=1S/C61H65NO17/c1-34-27-49(68)76-43-28-41(23-24-42(34)43)75-47(66)25-26-48(67)78-53(51(40-21-15-10-16-22-40)62-31-38-17-11-8-12-18-38)57(70)77-44-30-61(71)56(72-32-39-19-13-9-14-20-39)54-59(7,45(65)29-46-60(54,33-73-46)79-37(4)64)55(69)52(74-36(3)63)50(35(44)2)58(61,5)6/h8-24,27-28,44-46,51-54,56,62,65,71H,25-26,29-33H2,1-7H3/t44-,45-,46+,51-,52+,53+,54-,56-,59+,60-,61+/m0/s1. The normalized spacial score (nSPS) is 27.6. The Morgan fingerprint density at radius 2 is 1.44 bits per heavy atom. The first-order chi connectivity index (χ1) is 37.6. The lowest BCUT2D eigenvalue weighted by molar-refractivity contribution is -0.351. The number of benzene rings is 4. The van der Waals surface area contributed by atoms with Gasteiger partial charge in [-0.15, -0.1) is 0 Å². The molecule has 18 heteroatoms. The fourth-order valence-electron chi connectivity index (χ4n) is 12.4. The summed E-state index contributed by atoms with van der Waals surface area (Å²) in [6, 6.07) is 31.8. The molecule has 2 heterocycles. The van der Waals surface area contributed by atoms with Gasteiger partial charge in [0.15, 0.2) is 17.5 Å². The molecule has 4 aromatic carbocycles. The van der Waals surface area contributed by atoms with Gasteiger partial charge in [-0.3, -0.25) is 24.0 Å². The van der Waals surface area contributed by atoms with E-state index in [4.69, 9.17) is 37.6 Å². The van der Waals surface area contributed by atoms with Crippen molar-refractivity contribution in [1.29, 1.82) is 0 Å². The lowest BCUT2D eigenvalue weighted by atomic mass is 9.44. The maximum absolute atomic E-state index is 15.8. The highest BCUT2D eigenvalue weighted by molar-refractivity contribution is 5.95. The summed E-state index contributed by atoms with van der Waals surface area (Å²) in [7, 11) is 0. The van der Waals surface area contributed by atoms with E-state index in [2.05, 4.69) is 5.32 Å². The minimum Gasteiger partial charge on any atom is -0.455 e. The Morgan fingerprint density at radius 1 is 0.797 bits per heavy atom. The first-order valence-electron chi connectivity index (χ1n) is 26.3.